The normalized spacial score (nSPS) is 20.9. The van der Waals surface area contributed by atoms with Crippen LogP contribution in [-0.4, -0.2) is 39.9 Å². The van der Waals surface area contributed by atoms with E-state index < -0.39 is 0 Å². The van der Waals surface area contributed by atoms with Crippen molar-refractivity contribution in [2.45, 2.75) is 25.4 Å². The summed E-state index contributed by atoms with van der Waals surface area (Å²) < 4.78 is 1.98. The van der Waals surface area contributed by atoms with E-state index in [1.54, 1.807) is 35.8 Å². The average Bonchev–Trinajstić information content (AvgIpc) is 3.27. The predicted molar refractivity (Wildman–Crippen MR) is 87.8 cm³/mol. The van der Waals surface area contributed by atoms with Gasteiger partial charge < -0.3 is 14.8 Å². The Labute approximate surface area is 139 Å². The van der Waals surface area contributed by atoms with Crippen LogP contribution in [0.3, 0.4) is 0 Å². The van der Waals surface area contributed by atoms with Gasteiger partial charge in [0.2, 0.25) is 11.8 Å². The average molecular weight is 332 g/mol. The van der Waals surface area contributed by atoms with Gasteiger partial charge in [0.15, 0.2) is 0 Å². The molecule has 23 heavy (non-hydrogen) atoms. The molecular weight excluding hydrogens is 312 g/mol. The SMILES string of the molecule is CN1C(=O)C[C@H](C(=O)NCCCn2ccnc2)[C@H]1c1cccs1. The Hall–Kier alpha value is -2.15. The van der Waals surface area contributed by atoms with E-state index in [1.165, 1.54) is 0 Å². The Morgan fingerprint density at radius 2 is 2.39 bits per heavy atom. The summed E-state index contributed by atoms with van der Waals surface area (Å²) in [5.74, 6) is -0.312. The molecule has 2 atom stereocenters. The van der Waals surface area contributed by atoms with Gasteiger partial charge in [0.05, 0.1) is 18.3 Å². The number of nitrogens with zero attached hydrogens (tertiary/aromatic N) is 3. The second-order valence-electron chi connectivity index (χ2n) is 5.72. The fourth-order valence-corrected chi connectivity index (χ4v) is 3.91. The van der Waals surface area contributed by atoms with E-state index in [2.05, 4.69) is 10.3 Å². The number of rotatable bonds is 6. The molecule has 1 fully saturated rings. The Bertz CT molecular complexity index is 654. The third-order valence-electron chi connectivity index (χ3n) is 4.21. The minimum Gasteiger partial charge on any atom is -0.356 e. The van der Waals surface area contributed by atoms with Gasteiger partial charge in [-0.2, -0.15) is 0 Å². The van der Waals surface area contributed by atoms with Gasteiger partial charge in [0, 0.05) is 43.8 Å². The van der Waals surface area contributed by atoms with Crippen LogP contribution in [0.4, 0.5) is 0 Å². The number of hydrogen-bond acceptors (Lipinski definition) is 4. The quantitative estimate of drug-likeness (QED) is 0.818. The maximum absolute atomic E-state index is 12.5. The van der Waals surface area contributed by atoms with Crippen molar-refractivity contribution < 1.29 is 9.59 Å². The molecule has 2 amide bonds. The van der Waals surface area contributed by atoms with Crippen molar-refractivity contribution in [3.63, 3.8) is 0 Å². The van der Waals surface area contributed by atoms with E-state index >= 15 is 0 Å². The van der Waals surface area contributed by atoms with Gasteiger partial charge in [0.1, 0.15) is 0 Å². The molecule has 3 rings (SSSR count). The molecule has 1 aliphatic rings. The lowest BCUT2D eigenvalue weighted by atomic mass is 9.98. The summed E-state index contributed by atoms with van der Waals surface area (Å²) in [6.45, 7) is 1.42. The molecule has 6 nitrogen and oxygen atoms in total. The topological polar surface area (TPSA) is 67.2 Å². The molecule has 7 heteroatoms. The van der Waals surface area contributed by atoms with Crippen molar-refractivity contribution in [1.29, 1.82) is 0 Å². The molecule has 2 aromatic rings. The predicted octanol–water partition coefficient (Wildman–Crippen LogP) is 1.67. The summed E-state index contributed by atoms with van der Waals surface area (Å²) in [5, 5.41) is 4.95. The molecule has 0 radical (unpaired) electrons. The van der Waals surface area contributed by atoms with E-state index in [-0.39, 0.29) is 30.2 Å². The number of nitrogens with one attached hydrogen (secondary N) is 1. The maximum atomic E-state index is 12.5. The van der Waals surface area contributed by atoms with Gasteiger partial charge in [-0.15, -0.1) is 11.3 Å². The van der Waals surface area contributed by atoms with Crippen molar-refractivity contribution in [2.24, 2.45) is 5.92 Å². The van der Waals surface area contributed by atoms with Crippen LogP contribution in [0.5, 0.6) is 0 Å². The molecule has 1 aliphatic heterocycles. The summed E-state index contributed by atoms with van der Waals surface area (Å²) in [4.78, 5) is 31.3. The summed E-state index contributed by atoms with van der Waals surface area (Å²) in [6, 6.07) is 3.80. The van der Waals surface area contributed by atoms with Crippen molar-refractivity contribution >= 4 is 23.2 Å². The molecule has 0 spiro atoms. The molecule has 0 unspecified atom stereocenters. The first kappa shape index (κ1) is 15.7. The highest BCUT2D eigenvalue weighted by Crippen LogP contribution is 2.38. The molecule has 1 saturated heterocycles. The number of likely N-dealkylation sites (tertiary alicyclic amines) is 1. The number of carbonyl (C=O) groups is 2. The summed E-state index contributed by atoms with van der Waals surface area (Å²) in [7, 11) is 1.78. The number of imidazole rings is 1. The van der Waals surface area contributed by atoms with Gasteiger partial charge in [0.25, 0.3) is 0 Å². The number of aryl methyl sites for hydroxylation is 1. The molecule has 0 aliphatic carbocycles. The molecule has 0 bridgehead atoms. The second-order valence-corrected chi connectivity index (χ2v) is 6.70. The van der Waals surface area contributed by atoms with E-state index in [9.17, 15) is 9.59 Å². The van der Waals surface area contributed by atoms with Gasteiger partial charge in [-0.25, -0.2) is 4.98 Å². The molecular formula is C16H20N4O2S. The van der Waals surface area contributed by atoms with Crippen LogP contribution in [-0.2, 0) is 16.1 Å². The third-order valence-corrected chi connectivity index (χ3v) is 5.15. The molecule has 122 valence electrons. The van der Waals surface area contributed by atoms with Crippen LogP contribution in [0.2, 0.25) is 0 Å². The number of carbonyl (C=O) groups excluding carboxylic acids is 2. The van der Waals surface area contributed by atoms with Crippen molar-refractivity contribution in [1.82, 2.24) is 19.8 Å². The van der Waals surface area contributed by atoms with Gasteiger partial charge in [-0.3, -0.25) is 9.59 Å². The van der Waals surface area contributed by atoms with E-state index in [1.807, 2.05) is 28.3 Å². The van der Waals surface area contributed by atoms with Crippen LogP contribution >= 0.6 is 11.3 Å². The summed E-state index contributed by atoms with van der Waals surface area (Å²) >= 11 is 1.59. The number of hydrogen-bond donors (Lipinski definition) is 1. The Morgan fingerprint density at radius 1 is 1.52 bits per heavy atom. The van der Waals surface area contributed by atoms with Crippen molar-refractivity contribution in [3.8, 4) is 0 Å². The van der Waals surface area contributed by atoms with Crippen LogP contribution in [0, 0.1) is 5.92 Å². The maximum Gasteiger partial charge on any atom is 0.226 e. The lowest BCUT2D eigenvalue weighted by Gasteiger charge is -2.23. The fraction of sp³-hybridized carbons (Fsp3) is 0.438. The first-order valence-electron chi connectivity index (χ1n) is 7.69. The Kier molecular flexibility index (Phi) is 4.76. The van der Waals surface area contributed by atoms with E-state index in [0.29, 0.717) is 6.54 Å². The number of amides is 2. The summed E-state index contributed by atoms with van der Waals surface area (Å²) in [6.07, 6.45) is 6.53. The van der Waals surface area contributed by atoms with Crippen LogP contribution in [0.25, 0.3) is 0 Å². The zero-order valence-corrected chi connectivity index (χ0v) is 13.8. The highest BCUT2D eigenvalue weighted by Gasteiger charge is 2.42. The van der Waals surface area contributed by atoms with E-state index in [0.717, 1.165) is 17.8 Å². The fourth-order valence-electron chi connectivity index (χ4n) is 2.98. The van der Waals surface area contributed by atoms with Crippen molar-refractivity contribution in [3.05, 3.63) is 41.1 Å². The smallest absolute Gasteiger partial charge is 0.226 e. The standard InChI is InChI=1S/C16H20N4O2S/c1-19-14(21)10-12(15(19)13-4-2-9-23-13)16(22)18-5-3-7-20-8-6-17-11-20/h2,4,6,8-9,11-12,15H,3,5,7,10H2,1H3,(H,18,22)/t12-,15-/m0/s1. The Morgan fingerprint density at radius 3 is 3.09 bits per heavy atom. The van der Waals surface area contributed by atoms with Crippen LogP contribution in [0.1, 0.15) is 23.8 Å². The Balaban J connectivity index is 1.56. The molecule has 3 heterocycles. The molecule has 0 saturated carbocycles. The largest absolute Gasteiger partial charge is 0.356 e. The highest BCUT2D eigenvalue weighted by molar-refractivity contribution is 7.10. The zero-order valence-electron chi connectivity index (χ0n) is 13.0. The molecule has 2 aromatic heterocycles. The second kappa shape index (κ2) is 6.95. The van der Waals surface area contributed by atoms with Crippen LogP contribution in [0.15, 0.2) is 36.2 Å². The first-order chi connectivity index (χ1) is 11.2. The highest BCUT2D eigenvalue weighted by atomic mass is 32.1. The first-order valence-corrected chi connectivity index (χ1v) is 8.57. The number of thiophene rings is 1. The van der Waals surface area contributed by atoms with Crippen molar-refractivity contribution in [2.75, 3.05) is 13.6 Å². The lowest BCUT2D eigenvalue weighted by Crippen LogP contribution is -2.35. The van der Waals surface area contributed by atoms with Gasteiger partial charge in [-0.05, 0) is 17.9 Å². The molecule has 0 aromatic carbocycles. The van der Waals surface area contributed by atoms with Gasteiger partial charge in [-0.1, -0.05) is 6.07 Å². The third kappa shape index (κ3) is 3.44. The minimum atomic E-state index is -0.306. The molecule has 1 N–H and O–H groups in total. The zero-order chi connectivity index (χ0) is 16.2. The summed E-state index contributed by atoms with van der Waals surface area (Å²) in [5.41, 5.74) is 0. The lowest BCUT2D eigenvalue weighted by molar-refractivity contribution is -0.128. The minimum absolute atomic E-state index is 0.0296. The number of aromatic nitrogens is 2. The van der Waals surface area contributed by atoms with Gasteiger partial charge >= 0.3 is 0 Å². The monoisotopic (exact) mass is 332 g/mol. The van der Waals surface area contributed by atoms with E-state index in [4.69, 9.17) is 0 Å². The van der Waals surface area contributed by atoms with Crippen LogP contribution < -0.4 is 5.32 Å².